The second kappa shape index (κ2) is 7.09. The van der Waals surface area contributed by atoms with E-state index >= 15 is 0 Å². The van der Waals surface area contributed by atoms with Crippen molar-refractivity contribution < 1.29 is 4.39 Å². The third-order valence-electron chi connectivity index (χ3n) is 6.87. The molecule has 3 atom stereocenters. The molecule has 1 saturated heterocycles. The number of benzene rings is 1. The number of piperidine rings is 1. The van der Waals surface area contributed by atoms with E-state index in [1.54, 1.807) is 24.5 Å². The van der Waals surface area contributed by atoms with Crippen LogP contribution in [0.25, 0.3) is 21.9 Å². The van der Waals surface area contributed by atoms with Gasteiger partial charge in [-0.25, -0.2) is 14.4 Å². The van der Waals surface area contributed by atoms with Crippen molar-refractivity contribution in [3.05, 3.63) is 41.7 Å². The number of aromatic nitrogens is 5. The zero-order valence-corrected chi connectivity index (χ0v) is 18.1. The summed E-state index contributed by atoms with van der Waals surface area (Å²) in [6.45, 7) is 4.72. The molecule has 2 aliphatic rings. The number of rotatable bonds is 4. The van der Waals surface area contributed by atoms with E-state index < -0.39 is 0 Å². The van der Waals surface area contributed by atoms with Gasteiger partial charge >= 0.3 is 0 Å². The van der Waals surface area contributed by atoms with Crippen molar-refractivity contribution in [1.29, 1.82) is 0 Å². The Morgan fingerprint density at radius 1 is 1.22 bits per heavy atom. The molecule has 3 aromatic heterocycles. The molecule has 4 heterocycles. The predicted octanol–water partition coefficient (Wildman–Crippen LogP) is 3.58. The summed E-state index contributed by atoms with van der Waals surface area (Å²) in [5.74, 6) is 2.19. The molecule has 0 amide bonds. The molecule has 1 saturated carbocycles. The van der Waals surface area contributed by atoms with Crippen molar-refractivity contribution in [3.63, 3.8) is 0 Å². The van der Waals surface area contributed by atoms with Crippen LogP contribution in [0.2, 0.25) is 0 Å². The molecule has 2 fully saturated rings. The average molecular weight is 433 g/mol. The van der Waals surface area contributed by atoms with Crippen molar-refractivity contribution in [3.8, 4) is 0 Å². The molecule has 0 unspecified atom stereocenters. The number of hydrogen-bond acceptors (Lipinski definition) is 7. The number of H-pyrrole nitrogens is 1. The maximum Gasteiger partial charge on any atom is 0.231 e. The van der Waals surface area contributed by atoms with E-state index in [0.29, 0.717) is 35.1 Å². The van der Waals surface area contributed by atoms with Crippen molar-refractivity contribution in [2.75, 3.05) is 16.8 Å². The number of halogens is 1. The number of nitrogens with one attached hydrogen (secondary N) is 2. The van der Waals surface area contributed by atoms with Gasteiger partial charge in [-0.2, -0.15) is 9.97 Å². The van der Waals surface area contributed by atoms with Gasteiger partial charge < -0.3 is 20.9 Å². The van der Waals surface area contributed by atoms with Crippen LogP contribution in [0.5, 0.6) is 0 Å². The van der Waals surface area contributed by atoms with Crippen LogP contribution >= 0.6 is 0 Å². The number of fused-ring (bicyclic) bond motifs is 5. The van der Waals surface area contributed by atoms with Crippen LogP contribution in [0.3, 0.4) is 0 Å². The first-order valence-corrected chi connectivity index (χ1v) is 11.1. The van der Waals surface area contributed by atoms with Gasteiger partial charge in [-0.1, -0.05) is 6.92 Å². The minimum Gasteiger partial charge on any atom is -0.352 e. The van der Waals surface area contributed by atoms with Gasteiger partial charge in [-0.3, -0.25) is 0 Å². The van der Waals surface area contributed by atoms with Crippen molar-refractivity contribution in [2.24, 2.45) is 11.7 Å². The van der Waals surface area contributed by atoms with E-state index in [9.17, 15) is 4.39 Å². The Morgan fingerprint density at radius 2 is 2.03 bits per heavy atom. The Kier molecular flexibility index (Phi) is 4.29. The average Bonchev–Trinajstić information content (AvgIpc) is 3.46. The number of anilines is 3. The van der Waals surface area contributed by atoms with Crippen LogP contribution in [0.4, 0.5) is 21.8 Å². The summed E-state index contributed by atoms with van der Waals surface area (Å²) in [5, 5.41) is 4.92. The van der Waals surface area contributed by atoms with Crippen LogP contribution in [0.1, 0.15) is 31.2 Å². The minimum absolute atomic E-state index is 0.239. The lowest BCUT2D eigenvalue weighted by molar-refractivity contribution is 0.471. The highest BCUT2D eigenvalue weighted by Gasteiger charge is 2.44. The molecule has 1 aliphatic heterocycles. The third-order valence-corrected chi connectivity index (χ3v) is 6.87. The normalized spacial score (nSPS) is 22.4. The Hall–Kier alpha value is -3.33. The summed E-state index contributed by atoms with van der Waals surface area (Å²) >= 11 is 0. The van der Waals surface area contributed by atoms with Crippen molar-refractivity contribution in [2.45, 2.75) is 45.2 Å². The lowest BCUT2D eigenvalue weighted by Gasteiger charge is -2.31. The molecule has 0 spiro atoms. The van der Waals surface area contributed by atoms with E-state index in [1.807, 2.05) is 13.8 Å². The monoisotopic (exact) mass is 432 g/mol. The molecule has 1 aliphatic carbocycles. The van der Waals surface area contributed by atoms with Crippen LogP contribution in [0, 0.1) is 18.7 Å². The lowest BCUT2D eigenvalue weighted by atomic mass is 10.0. The van der Waals surface area contributed by atoms with Gasteiger partial charge in [-0.05, 0) is 49.8 Å². The van der Waals surface area contributed by atoms with E-state index in [1.165, 1.54) is 0 Å². The van der Waals surface area contributed by atoms with Gasteiger partial charge in [0.25, 0.3) is 0 Å². The standard InChI is InChI=1S/C23H25FN8/c1-3-12-4-14(24)6-17-19-21(29-20(12)17)30-23(28-15-8-26-11(2)27-9-15)31-22(19)32-10-13-5-16(32)7-18(13)25/h4,6,8-9,13,16,18H,3,5,7,10,25H2,1-2H3,(H2,28,29,30,31)/t13-,16-,18-/m1/s1. The van der Waals surface area contributed by atoms with Gasteiger partial charge in [0.1, 0.15) is 23.1 Å². The first-order valence-electron chi connectivity index (χ1n) is 11.1. The van der Waals surface area contributed by atoms with Gasteiger partial charge in [0.15, 0.2) is 0 Å². The van der Waals surface area contributed by atoms with Crippen molar-refractivity contribution >= 4 is 39.4 Å². The number of aromatic amines is 1. The van der Waals surface area contributed by atoms with Gasteiger partial charge in [-0.15, -0.1) is 0 Å². The maximum absolute atomic E-state index is 14.5. The molecule has 4 N–H and O–H groups in total. The molecule has 2 bridgehead atoms. The minimum atomic E-state index is -0.245. The number of hydrogen-bond donors (Lipinski definition) is 3. The van der Waals surface area contributed by atoms with E-state index in [-0.39, 0.29) is 11.9 Å². The Bertz CT molecular complexity index is 1330. The summed E-state index contributed by atoms with van der Waals surface area (Å²) in [6.07, 6.45) is 6.16. The highest BCUT2D eigenvalue weighted by molar-refractivity contribution is 6.12. The van der Waals surface area contributed by atoms with Crippen LogP contribution in [-0.2, 0) is 6.42 Å². The fourth-order valence-corrected chi connectivity index (χ4v) is 5.30. The summed E-state index contributed by atoms with van der Waals surface area (Å²) in [5.41, 5.74) is 9.54. The molecule has 164 valence electrons. The number of aryl methyl sites for hydroxylation is 2. The van der Waals surface area contributed by atoms with E-state index in [2.05, 4.69) is 25.2 Å². The quantitative estimate of drug-likeness (QED) is 0.452. The fraction of sp³-hybridized carbons (Fsp3) is 0.391. The molecular weight excluding hydrogens is 407 g/mol. The topological polar surface area (TPSA) is 109 Å². The molecule has 9 heteroatoms. The largest absolute Gasteiger partial charge is 0.352 e. The molecular formula is C23H25FN8. The molecule has 32 heavy (non-hydrogen) atoms. The van der Waals surface area contributed by atoms with E-state index in [0.717, 1.165) is 53.5 Å². The Balaban J connectivity index is 1.55. The van der Waals surface area contributed by atoms with Crippen LogP contribution in [-0.4, -0.2) is 43.5 Å². The van der Waals surface area contributed by atoms with Gasteiger partial charge in [0, 0.05) is 24.0 Å². The zero-order chi connectivity index (χ0) is 22.0. The highest BCUT2D eigenvalue weighted by atomic mass is 19.1. The van der Waals surface area contributed by atoms with Gasteiger partial charge in [0.2, 0.25) is 5.95 Å². The summed E-state index contributed by atoms with van der Waals surface area (Å²) in [7, 11) is 0. The van der Waals surface area contributed by atoms with E-state index in [4.69, 9.17) is 15.7 Å². The summed E-state index contributed by atoms with van der Waals surface area (Å²) in [4.78, 5) is 23.9. The van der Waals surface area contributed by atoms with Crippen molar-refractivity contribution in [1.82, 2.24) is 24.9 Å². The molecule has 8 nitrogen and oxygen atoms in total. The number of nitrogens with two attached hydrogens (primary N) is 1. The fourth-order valence-electron chi connectivity index (χ4n) is 5.30. The zero-order valence-electron chi connectivity index (χ0n) is 18.1. The molecule has 6 rings (SSSR count). The SMILES string of the molecule is CCc1cc(F)cc2c1[nH]c1nc(Nc3cnc(C)nc3)nc(N3C[C@H]4C[C@@H]3C[C@H]4N)c12. The summed E-state index contributed by atoms with van der Waals surface area (Å²) < 4.78 is 14.5. The second-order valence-electron chi connectivity index (χ2n) is 8.91. The molecule has 4 aromatic rings. The molecule has 0 radical (unpaired) electrons. The third kappa shape index (κ3) is 2.99. The van der Waals surface area contributed by atoms with Gasteiger partial charge in [0.05, 0.1) is 29.0 Å². The molecule has 1 aromatic carbocycles. The Labute approximate surface area is 184 Å². The smallest absolute Gasteiger partial charge is 0.231 e. The summed E-state index contributed by atoms with van der Waals surface area (Å²) in [6, 6.07) is 3.75. The predicted molar refractivity (Wildman–Crippen MR) is 123 cm³/mol. The van der Waals surface area contributed by atoms with Crippen LogP contribution < -0.4 is 16.0 Å². The Morgan fingerprint density at radius 3 is 2.72 bits per heavy atom. The van der Waals surface area contributed by atoms with Crippen LogP contribution in [0.15, 0.2) is 24.5 Å². The first-order chi connectivity index (χ1) is 15.5. The first kappa shape index (κ1) is 19.4. The number of nitrogens with zero attached hydrogens (tertiary/aromatic N) is 5. The second-order valence-corrected chi connectivity index (χ2v) is 8.91. The highest BCUT2D eigenvalue weighted by Crippen LogP contribution is 2.43. The lowest BCUT2D eigenvalue weighted by Crippen LogP contribution is -2.41. The maximum atomic E-state index is 14.5.